The third-order valence-corrected chi connectivity index (χ3v) is 4.90. The molecule has 2 rings (SSSR count). The molecule has 1 amide bonds. The quantitative estimate of drug-likeness (QED) is 0.283. The van der Waals surface area contributed by atoms with Crippen molar-refractivity contribution in [2.75, 3.05) is 24.6 Å². The Balaban J connectivity index is 2.09. The van der Waals surface area contributed by atoms with E-state index in [0.717, 1.165) is 31.6 Å². The number of anilines is 1. The van der Waals surface area contributed by atoms with Crippen LogP contribution >= 0.6 is 23.2 Å². The summed E-state index contributed by atoms with van der Waals surface area (Å²) in [6.45, 7) is 5.35. The van der Waals surface area contributed by atoms with Gasteiger partial charge in [-0.3, -0.25) is 14.9 Å². The van der Waals surface area contributed by atoms with Gasteiger partial charge in [0.2, 0.25) is 0 Å². The predicted molar refractivity (Wildman–Crippen MR) is 124 cm³/mol. The van der Waals surface area contributed by atoms with E-state index < -0.39 is 10.8 Å². The van der Waals surface area contributed by atoms with Gasteiger partial charge in [0.1, 0.15) is 5.75 Å². The van der Waals surface area contributed by atoms with Crippen LogP contribution in [-0.4, -0.2) is 36.7 Å². The molecule has 0 aliphatic carbocycles. The normalized spacial score (nSPS) is 10.8. The molecule has 166 valence electrons. The van der Waals surface area contributed by atoms with E-state index in [-0.39, 0.29) is 17.3 Å². The Bertz CT molecular complexity index is 953. The Morgan fingerprint density at radius 2 is 2.03 bits per heavy atom. The number of carbonyl (C=O) groups excluding carboxylic acids is 1. The zero-order chi connectivity index (χ0) is 22.8. The second kappa shape index (κ2) is 12.1. The number of amides is 1. The number of ether oxygens (including phenoxy) is 1. The van der Waals surface area contributed by atoms with Crippen LogP contribution in [0.2, 0.25) is 10.0 Å². The number of nitrogens with one attached hydrogen (secondary N) is 1. The molecule has 2 aromatic rings. The minimum Gasteiger partial charge on any atom is -0.482 e. The van der Waals surface area contributed by atoms with Gasteiger partial charge in [-0.25, -0.2) is 5.43 Å². The molecule has 0 aliphatic heterocycles. The first-order chi connectivity index (χ1) is 14.8. The van der Waals surface area contributed by atoms with Crippen molar-refractivity contribution in [3.63, 3.8) is 0 Å². The average molecular weight is 467 g/mol. The van der Waals surface area contributed by atoms with Crippen LogP contribution in [0.25, 0.3) is 0 Å². The molecular formula is C21H24Cl2N4O4. The maximum Gasteiger partial charge on any atom is 0.277 e. The smallest absolute Gasteiger partial charge is 0.277 e. The number of carbonyl (C=O) groups is 1. The highest BCUT2D eigenvalue weighted by Gasteiger charge is 2.14. The summed E-state index contributed by atoms with van der Waals surface area (Å²) in [4.78, 5) is 24.9. The number of halogens is 2. The van der Waals surface area contributed by atoms with Gasteiger partial charge in [0.25, 0.3) is 11.6 Å². The summed E-state index contributed by atoms with van der Waals surface area (Å²) < 4.78 is 5.36. The monoisotopic (exact) mass is 466 g/mol. The van der Waals surface area contributed by atoms with Crippen molar-refractivity contribution in [1.29, 1.82) is 0 Å². The molecule has 0 saturated heterocycles. The Kier molecular flexibility index (Phi) is 9.55. The Morgan fingerprint density at radius 1 is 1.26 bits per heavy atom. The van der Waals surface area contributed by atoms with Gasteiger partial charge in [-0.05, 0) is 37.6 Å². The number of benzene rings is 2. The molecule has 0 spiro atoms. The maximum absolute atomic E-state index is 12.0. The number of non-ortho nitro benzene ring substituents is 1. The van der Waals surface area contributed by atoms with Crippen molar-refractivity contribution >= 4 is 46.7 Å². The first-order valence-corrected chi connectivity index (χ1v) is 10.5. The molecule has 1 N–H and O–H groups in total. The van der Waals surface area contributed by atoms with Crippen LogP contribution in [0.15, 0.2) is 41.5 Å². The van der Waals surface area contributed by atoms with Gasteiger partial charge < -0.3 is 9.64 Å². The standard InChI is InChI=1S/C21H24Cl2N4O4/c1-3-5-10-26(4-2)19-8-7-17(27(29)30)11-15(19)13-24-25-21(28)14-31-20-9-6-16(22)12-18(20)23/h6-9,11-13H,3-5,10,14H2,1-2H3,(H,25,28). The predicted octanol–water partition coefficient (Wildman–Crippen LogP) is 5.06. The van der Waals surface area contributed by atoms with Crippen LogP contribution in [0.3, 0.4) is 0 Å². The second-order valence-corrected chi connectivity index (χ2v) is 7.43. The van der Waals surface area contributed by atoms with Crippen LogP contribution in [0.1, 0.15) is 32.3 Å². The van der Waals surface area contributed by atoms with E-state index in [4.69, 9.17) is 27.9 Å². The van der Waals surface area contributed by atoms with Crippen molar-refractivity contribution in [3.8, 4) is 5.75 Å². The van der Waals surface area contributed by atoms with Crippen molar-refractivity contribution in [3.05, 3.63) is 62.1 Å². The van der Waals surface area contributed by atoms with E-state index in [9.17, 15) is 14.9 Å². The van der Waals surface area contributed by atoms with Crippen LogP contribution < -0.4 is 15.1 Å². The molecule has 8 nitrogen and oxygen atoms in total. The topological polar surface area (TPSA) is 97.1 Å². The number of hydrogen-bond acceptors (Lipinski definition) is 6. The fourth-order valence-corrected chi connectivity index (χ4v) is 3.25. The SMILES string of the molecule is CCCCN(CC)c1ccc([N+](=O)[O-])cc1C=NNC(=O)COc1ccc(Cl)cc1Cl. The number of unbranched alkanes of at least 4 members (excludes halogenated alkanes) is 1. The van der Waals surface area contributed by atoms with Crippen molar-refractivity contribution in [1.82, 2.24) is 5.43 Å². The second-order valence-electron chi connectivity index (χ2n) is 6.59. The number of hydrogen-bond donors (Lipinski definition) is 1. The highest BCUT2D eigenvalue weighted by atomic mass is 35.5. The van der Waals surface area contributed by atoms with E-state index in [1.54, 1.807) is 18.2 Å². The largest absolute Gasteiger partial charge is 0.482 e. The van der Waals surface area contributed by atoms with Gasteiger partial charge in [-0.1, -0.05) is 36.5 Å². The summed E-state index contributed by atoms with van der Waals surface area (Å²) in [7, 11) is 0. The Hall–Kier alpha value is -2.84. The van der Waals surface area contributed by atoms with Crippen LogP contribution in [-0.2, 0) is 4.79 Å². The molecule has 0 saturated carbocycles. The van der Waals surface area contributed by atoms with E-state index in [0.29, 0.717) is 16.3 Å². The van der Waals surface area contributed by atoms with E-state index in [1.807, 2.05) is 6.92 Å². The first kappa shape index (κ1) is 24.4. The number of nitrogens with zero attached hydrogens (tertiary/aromatic N) is 3. The average Bonchev–Trinajstić information content (AvgIpc) is 2.74. The van der Waals surface area contributed by atoms with Gasteiger partial charge in [0.15, 0.2) is 6.61 Å². The van der Waals surface area contributed by atoms with E-state index in [2.05, 4.69) is 22.4 Å². The van der Waals surface area contributed by atoms with Crippen LogP contribution in [0.4, 0.5) is 11.4 Å². The molecule has 0 aromatic heterocycles. The number of nitro groups is 1. The lowest BCUT2D eigenvalue weighted by Crippen LogP contribution is -2.26. The number of nitro benzene ring substituents is 1. The van der Waals surface area contributed by atoms with Gasteiger partial charge in [-0.15, -0.1) is 0 Å². The lowest BCUT2D eigenvalue weighted by Gasteiger charge is -2.24. The molecule has 0 bridgehead atoms. The summed E-state index contributed by atoms with van der Waals surface area (Å²) in [6, 6.07) is 9.27. The molecule has 0 aliphatic rings. The first-order valence-electron chi connectivity index (χ1n) is 9.78. The van der Waals surface area contributed by atoms with Gasteiger partial charge in [0, 0.05) is 41.5 Å². The molecular weight excluding hydrogens is 443 g/mol. The van der Waals surface area contributed by atoms with Crippen LogP contribution in [0, 0.1) is 10.1 Å². The zero-order valence-corrected chi connectivity index (χ0v) is 18.8. The Morgan fingerprint density at radius 3 is 2.68 bits per heavy atom. The number of rotatable bonds is 11. The third kappa shape index (κ3) is 7.41. The maximum atomic E-state index is 12.0. The lowest BCUT2D eigenvalue weighted by molar-refractivity contribution is -0.384. The summed E-state index contributed by atoms with van der Waals surface area (Å²) in [5, 5.41) is 15.9. The molecule has 0 atom stereocenters. The van der Waals surface area contributed by atoms with Gasteiger partial charge >= 0.3 is 0 Å². The van der Waals surface area contributed by atoms with Crippen molar-refractivity contribution in [2.24, 2.45) is 5.10 Å². The van der Waals surface area contributed by atoms with Gasteiger partial charge in [0.05, 0.1) is 16.2 Å². The fraction of sp³-hybridized carbons (Fsp3) is 0.333. The molecule has 0 fully saturated rings. The summed E-state index contributed by atoms with van der Waals surface area (Å²) in [5.41, 5.74) is 3.65. The highest BCUT2D eigenvalue weighted by Crippen LogP contribution is 2.27. The molecule has 0 radical (unpaired) electrons. The highest BCUT2D eigenvalue weighted by molar-refractivity contribution is 6.35. The van der Waals surface area contributed by atoms with Crippen LogP contribution in [0.5, 0.6) is 5.75 Å². The van der Waals surface area contributed by atoms with E-state index in [1.165, 1.54) is 24.4 Å². The van der Waals surface area contributed by atoms with E-state index >= 15 is 0 Å². The van der Waals surface area contributed by atoms with Crippen molar-refractivity contribution in [2.45, 2.75) is 26.7 Å². The minimum atomic E-state index is -0.507. The number of hydrazone groups is 1. The molecule has 2 aromatic carbocycles. The molecule has 0 unspecified atom stereocenters. The molecule has 0 heterocycles. The third-order valence-electron chi connectivity index (χ3n) is 4.37. The zero-order valence-electron chi connectivity index (χ0n) is 17.3. The Labute approximate surface area is 190 Å². The molecule has 31 heavy (non-hydrogen) atoms. The molecule has 10 heteroatoms. The lowest BCUT2D eigenvalue weighted by atomic mass is 10.1. The minimum absolute atomic E-state index is 0.0521. The fourth-order valence-electron chi connectivity index (χ4n) is 2.79. The summed E-state index contributed by atoms with van der Waals surface area (Å²) in [5.74, 6) is -0.187. The van der Waals surface area contributed by atoms with Gasteiger partial charge in [-0.2, -0.15) is 5.10 Å². The van der Waals surface area contributed by atoms with Crippen molar-refractivity contribution < 1.29 is 14.5 Å². The summed E-state index contributed by atoms with van der Waals surface area (Å²) in [6.07, 6.45) is 3.41. The summed E-state index contributed by atoms with van der Waals surface area (Å²) >= 11 is 11.8.